The number of hydrogen-bond acceptors (Lipinski definition) is 1. The number of hydrogen-bond donors (Lipinski definition) is 1. The zero-order valence-corrected chi connectivity index (χ0v) is 10.1. The van der Waals surface area contributed by atoms with E-state index in [9.17, 15) is 8.78 Å². The van der Waals surface area contributed by atoms with E-state index in [2.05, 4.69) is 0 Å². The molecule has 0 spiro atoms. The molecule has 0 saturated heterocycles. The molecule has 0 aromatic heterocycles. The maximum Gasteiger partial charge on any atom is 0.127 e. The van der Waals surface area contributed by atoms with Crippen molar-refractivity contribution in [3.63, 3.8) is 0 Å². The molecule has 1 rings (SSSR count). The summed E-state index contributed by atoms with van der Waals surface area (Å²) in [7, 11) is 0. The Bertz CT molecular complexity index is 363. The Labute approximate surface area is 95.7 Å². The van der Waals surface area contributed by atoms with Gasteiger partial charge in [-0.3, -0.25) is 0 Å². The first-order valence-electron chi connectivity index (χ1n) is 5.68. The highest BCUT2D eigenvalue weighted by Gasteiger charge is 2.19. The second kappa shape index (κ2) is 5.39. The number of halogens is 2. The van der Waals surface area contributed by atoms with Crippen LogP contribution in [0.15, 0.2) is 12.1 Å². The third kappa shape index (κ3) is 2.79. The maximum atomic E-state index is 13.7. The molecule has 90 valence electrons. The number of benzene rings is 1. The summed E-state index contributed by atoms with van der Waals surface area (Å²) >= 11 is 0. The van der Waals surface area contributed by atoms with E-state index in [1.54, 1.807) is 6.92 Å². The zero-order chi connectivity index (χ0) is 12.3. The Morgan fingerprint density at radius 3 is 2.44 bits per heavy atom. The van der Waals surface area contributed by atoms with E-state index in [0.29, 0.717) is 11.1 Å². The second-order valence-electron chi connectivity index (χ2n) is 4.36. The Hall–Kier alpha value is -0.960. The first kappa shape index (κ1) is 13.1. The molecule has 0 heterocycles. The molecule has 2 unspecified atom stereocenters. The normalized spacial score (nSPS) is 14.9. The molecule has 0 fully saturated rings. The van der Waals surface area contributed by atoms with E-state index in [1.807, 2.05) is 13.8 Å². The Morgan fingerprint density at radius 2 is 1.88 bits per heavy atom. The molecule has 0 bridgehead atoms. The summed E-state index contributed by atoms with van der Waals surface area (Å²) in [6, 6.07) is 2.38. The SMILES string of the molecule is CCCC(N)C(C)c1cc(F)c(C)cc1F. The second-order valence-corrected chi connectivity index (χ2v) is 4.36. The molecule has 0 aliphatic rings. The van der Waals surface area contributed by atoms with Crippen molar-refractivity contribution < 1.29 is 8.78 Å². The number of aryl methyl sites for hydroxylation is 1. The summed E-state index contributed by atoms with van der Waals surface area (Å²) in [6.07, 6.45) is 1.76. The van der Waals surface area contributed by atoms with Crippen LogP contribution in [0.2, 0.25) is 0 Å². The van der Waals surface area contributed by atoms with Crippen LogP contribution < -0.4 is 5.73 Å². The maximum absolute atomic E-state index is 13.7. The van der Waals surface area contributed by atoms with Crippen molar-refractivity contribution in [1.82, 2.24) is 0 Å². The Balaban J connectivity index is 2.99. The molecular formula is C13H19F2N. The van der Waals surface area contributed by atoms with Gasteiger partial charge in [0.05, 0.1) is 0 Å². The number of rotatable bonds is 4. The first-order chi connectivity index (χ1) is 7.47. The highest BCUT2D eigenvalue weighted by molar-refractivity contribution is 5.28. The van der Waals surface area contributed by atoms with Gasteiger partial charge in [-0.05, 0) is 42.5 Å². The highest BCUT2D eigenvalue weighted by atomic mass is 19.1. The molecule has 0 aliphatic carbocycles. The van der Waals surface area contributed by atoms with E-state index < -0.39 is 0 Å². The van der Waals surface area contributed by atoms with Gasteiger partial charge in [-0.1, -0.05) is 20.3 Å². The van der Waals surface area contributed by atoms with Gasteiger partial charge in [0.15, 0.2) is 0 Å². The molecule has 2 atom stereocenters. The van der Waals surface area contributed by atoms with E-state index in [1.165, 1.54) is 12.1 Å². The van der Waals surface area contributed by atoms with E-state index in [4.69, 9.17) is 5.73 Å². The monoisotopic (exact) mass is 227 g/mol. The summed E-state index contributed by atoms with van der Waals surface area (Å²) in [5.74, 6) is -0.889. The van der Waals surface area contributed by atoms with Crippen molar-refractivity contribution >= 4 is 0 Å². The van der Waals surface area contributed by atoms with Gasteiger partial charge in [-0.15, -0.1) is 0 Å². The Morgan fingerprint density at radius 1 is 1.25 bits per heavy atom. The van der Waals surface area contributed by atoms with Gasteiger partial charge in [0, 0.05) is 6.04 Å². The molecule has 0 radical (unpaired) electrons. The average molecular weight is 227 g/mol. The lowest BCUT2D eigenvalue weighted by Crippen LogP contribution is -2.27. The van der Waals surface area contributed by atoms with Crippen LogP contribution in [0, 0.1) is 18.6 Å². The van der Waals surface area contributed by atoms with Crippen LogP contribution in [0.5, 0.6) is 0 Å². The third-order valence-electron chi connectivity index (χ3n) is 3.03. The first-order valence-corrected chi connectivity index (χ1v) is 5.68. The molecule has 3 heteroatoms. The number of nitrogens with two attached hydrogens (primary N) is 1. The molecule has 1 nitrogen and oxygen atoms in total. The molecular weight excluding hydrogens is 208 g/mol. The smallest absolute Gasteiger partial charge is 0.127 e. The molecule has 1 aromatic carbocycles. The van der Waals surface area contributed by atoms with Crippen molar-refractivity contribution in [2.45, 2.75) is 45.6 Å². The van der Waals surface area contributed by atoms with Gasteiger partial charge in [0.1, 0.15) is 11.6 Å². The standard InChI is InChI=1S/C13H19F2N/c1-4-5-13(16)9(3)10-7-11(14)8(2)6-12(10)15/h6-7,9,13H,4-5,16H2,1-3H3. The fourth-order valence-electron chi connectivity index (χ4n) is 1.82. The summed E-state index contributed by atoms with van der Waals surface area (Å²) in [4.78, 5) is 0. The van der Waals surface area contributed by atoms with E-state index >= 15 is 0 Å². The van der Waals surface area contributed by atoms with Crippen LogP contribution in [0.3, 0.4) is 0 Å². The van der Waals surface area contributed by atoms with Crippen molar-refractivity contribution in [2.24, 2.45) is 5.73 Å². The van der Waals surface area contributed by atoms with Crippen molar-refractivity contribution in [2.75, 3.05) is 0 Å². The summed E-state index contributed by atoms with van der Waals surface area (Å²) in [5.41, 5.74) is 6.64. The minimum absolute atomic E-state index is 0.124. The largest absolute Gasteiger partial charge is 0.327 e. The quantitative estimate of drug-likeness (QED) is 0.837. The van der Waals surface area contributed by atoms with Crippen molar-refractivity contribution in [3.05, 3.63) is 34.9 Å². The van der Waals surface area contributed by atoms with Crippen LogP contribution in [0.1, 0.15) is 43.7 Å². The lowest BCUT2D eigenvalue weighted by molar-refractivity contribution is 0.491. The fourth-order valence-corrected chi connectivity index (χ4v) is 1.82. The van der Waals surface area contributed by atoms with Gasteiger partial charge < -0.3 is 5.73 Å². The predicted octanol–water partition coefficient (Wildman–Crippen LogP) is 3.50. The van der Waals surface area contributed by atoms with E-state index in [-0.39, 0.29) is 23.6 Å². The van der Waals surface area contributed by atoms with Crippen molar-refractivity contribution in [3.8, 4) is 0 Å². The van der Waals surface area contributed by atoms with E-state index in [0.717, 1.165) is 12.8 Å². The average Bonchev–Trinajstić information content (AvgIpc) is 2.23. The summed E-state index contributed by atoms with van der Waals surface area (Å²) in [5, 5.41) is 0. The molecule has 0 saturated carbocycles. The predicted molar refractivity (Wildman–Crippen MR) is 62.4 cm³/mol. The third-order valence-corrected chi connectivity index (χ3v) is 3.03. The van der Waals surface area contributed by atoms with Crippen LogP contribution in [-0.4, -0.2) is 6.04 Å². The van der Waals surface area contributed by atoms with Crippen LogP contribution in [-0.2, 0) is 0 Å². The highest BCUT2D eigenvalue weighted by Crippen LogP contribution is 2.25. The lowest BCUT2D eigenvalue weighted by atomic mass is 9.90. The molecule has 0 aliphatic heterocycles. The molecule has 2 N–H and O–H groups in total. The molecule has 0 amide bonds. The lowest BCUT2D eigenvalue weighted by Gasteiger charge is -2.20. The van der Waals surface area contributed by atoms with Gasteiger partial charge in [-0.2, -0.15) is 0 Å². The minimum atomic E-state index is -0.369. The van der Waals surface area contributed by atoms with Crippen LogP contribution >= 0.6 is 0 Å². The molecule has 1 aromatic rings. The zero-order valence-electron chi connectivity index (χ0n) is 10.1. The van der Waals surface area contributed by atoms with Crippen LogP contribution in [0.25, 0.3) is 0 Å². The fraction of sp³-hybridized carbons (Fsp3) is 0.538. The summed E-state index contributed by atoms with van der Waals surface area (Å²) < 4.78 is 27.0. The minimum Gasteiger partial charge on any atom is -0.327 e. The summed E-state index contributed by atoms with van der Waals surface area (Å²) in [6.45, 7) is 5.42. The van der Waals surface area contributed by atoms with Gasteiger partial charge in [-0.25, -0.2) is 8.78 Å². The van der Waals surface area contributed by atoms with Crippen LogP contribution in [0.4, 0.5) is 8.78 Å². The van der Waals surface area contributed by atoms with Crippen molar-refractivity contribution in [1.29, 1.82) is 0 Å². The molecule has 16 heavy (non-hydrogen) atoms. The van der Waals surface area contributed by atoms with Gasteiger partial charge >= 0.3 is 0 Å². The Kier molecular flexibility index (Phi) is 4.42. The van der Waals surface area contributed by atoms with Gasteiger partial charge in [0.2, 0.25) is 0 Å². The van der Waals surface area contributed by atoms with Gasteiger partial charge in [0.25, 0.3) is 0 Å². The topological polar surface area (TPSA) is 26.0 Å².